The Labute approximate surface area is 79.4 Å². The Morgan fingerprint density at radius 3 is 2.46 bits per heavy atom. The SMILES string of the molecule is [B]C(=O)N[C@H](CC)COS(C)(=O)=O. The van der Waals surface area contributed by atoms with Gasteiger partial charge in [0.25, 0.3) is 10.1 Å². The summed E-state index contributed by atoms with van der Waals surface area (Å²) in [4.78, 5) is 10.4. The zero-order valence-corrected chi connectivity index (χ0v) is 8.43. The molecule has 0 aliphatic carbocycles. The first-order valence-electron chi connectivity index (χ1n) is 3.75. The molecule has 0 spiro atoms. The van der Waals surface area contributed by atoms with E-state index in [1.54, 1.807) is 6.92 Å². The zero-order chi connectivity index (χ0) is 10.5. The maximum Gasteiger partial charge on any atom is 0.264 e. The van der Waals surface area contributed by atoms with Gasteiger partial charge >= 0.3 is 0 Å². The number of carbonyl (C=O) groups is 1. The highest BCUT2D eigenvalue weighted by Gasteiger charge is 2.10. The van der Waals surface area contributed by atoms with Crippen LogP contribution in [0.1, 0.15) is 13.3 Å². The Hall–Kier alpha value is -0.555. The highest BCUT2D eigenvalue weighted by molar-refractivity contribution is 7.85. The van der Waals surface area contributed by atoms with Crippen molar-refractivity contribution in [2.45, 2.75) is 19.4 Å². The van der Waals surface area contributed by atoms with Gasteiger partial charge in [-0.25, -0.2) is 0 Å². The van der Waals surface area contributed by atoms with Crippen LogP contribution in [0.5, 0.6) is 0 Å². The van der Waals surface area contributed by atoms with Gasteiger partial charge in [0.05, 0.1) is 18.9 Å². The van der Waals surface area contributed by atoms with Gasteiger partial charge in [-0.05, 0) is 6.42 Å². The van der Waals surface area contributed by atoms with Gasteiger partial charge in [-0.15, -0.1) is 0 Å². The quantitative estimate of drug-likeness (QED) is 0.490. The normalized spacial score (nSPS) is 13.7. The molecular weight excluding hydrogens is 193 g/mol. The van der Waals surface area contributed by atoms with E-state index in [1.165, 1.54) is 0 Å². The molecule has 5 nitrogen and oxygen atoms in total. The molecule has 7 heteroatoms. The van der Waals surface area contributed by atoms with Crippen molar-refractivity contribution in [3.05, 3.63) is 0 Å². The van der Waals surface area contributed by atoms with Gasteiger partial charge in [0, 0.05) is 0 Å². The second kappa shape index (κ2) is 5.23. The molecule has 0 aromatic rings. The summed E-state index contributed by atoms with van der Waals surface area (Å²) in [5, 5.41) is 2.35. The van der Waals surface area contributed by atoms with Crippen LogP contribution >= 0.6 is 0 Å². The summed E-state index contributed by atoms with van der Waals surface area (Å²) in [6.07, 6.45) is 1.50. The number of hydrogen-bond acceptors (Lipinski definition) is 4. The van der Waals surface area contributed by atoms with Crippen LogP contribution < -0.4 is 5.32 Å². The van der Waals surface area contributed by atoms with Crippen LogP contribution in [0.4, 0.5) is 4.79 Å². The van der Waals surface area contributed by atoms with E-state index in [1.807, 2.05) is 0 Å². The molecule has 1 N–H and O–H groups in total. The first-order valence-corrected chi connectivity index (χ1v) is 5.57. The van der Waals surface area contributed by atoms with Crippen LogP contribution in [0.3, 0.4) is 0 Å². The third kappa shape index (κ3) is 7.79. The number of amides is 1. The molecule has 0 saturated carbocycles. The van der Waals surface area contributed by atoms with Crippen molar-refractivity contribution in [1.29, 1.82) is 0 Å². The molecule has 0 unspecified atom stereocenters. The van der Waals surface area contributed by atoms with Crippen molar-refractivity contribution in [2.24, 2.45) is 0 Å². The smallest absolute Gasteiger partial charge is 0.264 e. The molecule has 74 valence electrons. The highest BCUT2D eigenvalue weighted by atomic mass is 32.2. The van der Waals surface area contributed by atoms with E-state index in [9.17, 15) is 13.2 Å². The molecular formula is C6H12BNO4S. The average molecular weight is 205 g/mol. The molecule has 0 aliphatic rings. The summed E-state index contributed by atoms with van der Waals surface area (Å²) in [7, 11) is 1.40. The molecule has 0 fully saturated rings. The van der Waals surface area contributed by atoms with E-state index in [0.717, 1.165) is 6.26 Å². The molecule has 1 atom stereocenters. The summed E-state index contributed by atoms with van der Waals surface area (Å²) < 4.78 is 25.6. The van der Waals surface area contributed by atoms with E-state index in [0.29, 0.717) is 6.42 Å². The maximum absolute atomic E-state index is 10.6. The molecule has 0 aromatic heterocycles. The van der Waals surface area contributed by atoms with E-state index in [4.69, 9.17) is 7.85 Å². The van der Waals surface area contributed by atoms with Crippen molar-refractivity contribution in [2.75, 3.05) is 12.9 Å². The largest absolute Gasteiger partial charge is 0.361 e. The van der Waals surface area contributed by atoms with Gasteiger partial charge in [-0.2, -0.15) is 8.42 Å². The number of rotatable bonds is 5. The van der Waals surface area contributed by atoms with Crippen LogP contribution in [0.25, 0.3) is 0 Å². The molecule has 13 heavy (non-hydrogen) atoms. The summed E-state index contributed by atoms with van der Waals surface area (Å²) in [6, 6.07) is -0.368. The van der Waals surface area contributed by atoms with E-state index in [-0.39, 0.29) is 12.6 Å². The lowest BCUT2D eigenvalue weighted by molar-refractivity contribution is 0.240. The van der Waals surface area contributed by atoms with Crippen molar-refractivity contribution >= 4 is 23.8 Å². The van der Waals surface area contributed by atoms with Gasteiger partial charge in [-0.1, -0.05) is 6.92 Å². The topological polar surface area (TPSA) is 72.5 Å². The van der Waals surface area contributed by atoms with Gasteiger partial charge in [0.15, 0.2) is 5.81 Å². The first kappa shape index (κ1) is 12.4. The minimum Gasteiger partial charge on any atom is -0.361 e. The summed E-state index contributed by atoms with van der Waals surface area (Å²) in [6.45, 7) is 1.70. The Bertz CT molecular complexity index is 264. The standard InChI is InChI=1S/C6H12BNO4S/c1-3-5(8-6(7)9)4-12-13(2,10)11/h5H,3-4H2,1-2H3,(H,8,9)/t5-/m1/s1. The Morgan fingerprint density at radius 2 is 2.15 bits per heavy atom. The zero-order valence-electron chi connectivity index (χ0n) is 7.61. The fourth-order valence-electron chi connectivity index (χ4n) is 0.668. The Kier molecular flexibility index (Phi) is 5.01. The number of hydrogen-bond donors (Lipinski definition) is 1. The second-order valence-electron chi connectivity index (χ2n) is 2.60. The third-order valence-electron chi connectivity index (χ3n) is 1.32. The lowest BCUT2D eigenvalue weighted by Gasteiger charge is -2.14. The fraction of sp³-hybridized carbons (Fsp3) is 0.833. The Morgan fingerprint density at radius 1 is 1.62 bits per heavy atom. The van der Waals surface area contributed by atoms with Gasteiger partial charge in [0.2, 0.25) is 7.85 Å². The van der Waals surface area contributed by atoms with Crippen LogP contribution in [0, 0.1) is 0 Å². The van der Waals surface area contributed by atoms with Crippen LogP contribution in [0.15, 0.2) is 0 Å². The molecule has 0 aliphatic heterocycles. The molecule has 0 rings (SSSR count). The van der Waals surface area contributed by atoms with Crippen LogP contribution in [-0.4, -0.2) is 41.0 Å². The van der Waals surface area contributed by atoms with E-state index >= 15 is 0 Å². The lowest BCUT2D eigenvalue weighted by atomic mass is 10.1. The summed E-state index contributed by atoms with van der Waals surface area (Å²) in [5.41, 5.74) is 0. The highest BCUT2D eigenvalue weighted by Crippen LogP contribution is 1.95. The van der Waals surface area contributed by atoms with E-state index in [2.05, 4.69) is 9.50 Å². The minimum absolute atomic E-state index is 0.0850. The predicted molar refractivity (Wildman–Crippen MR) is 49.2 cm³/mol. The fourth-order valence-corrected chi connectivity index (χ4v) is 1.08. The van der Waals surface area contributed by atoms with Gasteiger partial charge in [-0.3, -0.25) is 8.98 Å². The van der Waals surface area contributed by atoms with Crippen molar-refractivity contribution in [3.8, 4) is 0 Å². The van der Waals surface area contributed by atoms with Crippen molar-refractivity contribution in [3.63, 3.8) is 0 Å². The lowest BCUT2D eigenvalue weighted by Crippen LogP contribution is -2.37. The maximum atomic E-state index is 10.6. The second-order valence-corrected chi connectivity index (χ2v) is 4.25. The first-order chi connectivity index (χ1) is 5.85. The van der Waals surface area contributed by atoms with Crippen molar-refractivity contribution < 1.29 is 17.4 Å². The Balaban J connectivity index is 3.93. The molecule has 2 radical (unpaired) electrons. The number of nitrogens with one attached hydrogen (secondary N) is 1. The summed E-state index contributed by atoms with van der Waals surface area (Å²) >= 11 is 0. The predicted octanol–water partition coefficient (Wildman–Crippen LogP) is -0.381. The van der Waals surface area contributed by atoms with Crippen molar-refractivity contribution in [1.82, 2.24) is 5.32 Å². The van der Waals surface area contributed by atoms with Gasteiger partial charge < -0.3 is 5.32 Å². The minimum atomic E-state index is -3.46. The molecule has 0 bridgehead atoms. The number of carbonyl (C=O) groups excluding carboxylic acids is 1. The average Bonchev–Trinajstić information content (AvgIpc) is 1.95. The third-order valence-corrected chi connectivity index (χ3v) is 1.89. The van der Waals surface area contributed by atoms with Crippen LogP contribution in [-0.2, 0) is 14.3 Å². The van der Waals surface area contributed by atoms with E-state index < -0.39 is 15.9 Å². The molecule has 1 amide bonds. The summed E-state index contributed by atoms with van der Waals surface area (Å²) in [5.74, 6) is -0.691. The monoisotopic (exact) mass is 205 g/mol. The molecule has 0 saturated heterocycles. The van der Waals surface area contributed by atoms with Crippen LogP contribution in [0.2, 0.25) is 0 Å². The molecule has 0 aromatic carbocycles. The van der Waals surface area contributed by atoms with Gasteiger partial charge in [0.1, 0.15) is 0 Å². The molecule has 0 heterocycles.